The van der Waals surface area contributed by atoms with Crippen LogP contribution in [0.2, 0.25) is 0 Å². The van der Waals surface area contributed by atoms with Crippen LogP contribution in [0.25, 0.3) is 22.4 Å². The van der Waals surface area contributed by atoms with Gasteiger partial charge < -0.3 is 31.9 Å². The summed E-state index contributed by atoms with van der Waals surface area (Å²) in [5.74, 6) is 0.746. The lowest BCUT2D eigenvalue weighted by Crippen LogP contribution is -3.00. The van der Waals surface area contributed by atoms with Crippen LogP contribution in [-0.4, -0.2) is 59.0 Å². The van der Waals surface area contributed by atoms with Crippen LogP contribution in [-0.2, 0) is 14.3 Å². The summed E-state index contributed by atoms with van der Waals surface area (Å²) in [6.45, 7) is 2.03. The fourth-order valence-corrected chi connectivity index (χ4v) is 5.92. The number of fused-ring (bicyclic) bond motifs is 1. The molecule has 1 aliphatic heterocycles. The Morgan fingerprint density at radius 3 is 2.51 bits per heavy atom. The Morgan fingerprint density at radius 2 is 1.82 bits per heavy atom. The van der Waals surface area contributed by atoms with E-state index in [1.54, 1.807) is 12.1 Å². The summed E-state index contributed by atoms with van der Waals surface area (Å²) >= 11 is 0. The molecule has 3 aromatic rings. The number of carbonyl (C=O) groups excluding carboxylic acids is 3. The van der Waals surface area contributed by atoms with Crippen LogP contribution in [0.3, 0.4) is 0 Å². The molecule has 2 amide bonds. The number of imidazole rings is 1. The van der Waals surface area contributed by atoms with Gasteiger partial charge in [-0.05, 0) is 55.9 Å². The van der Waals surface area contributed by atoms with Crippen LogP contribution in [0.1, 0.15) is 69.2 Å². The van der Waals surface area contributed by atoms with Gasteiger partial charge in [0.25, 0.3) is 0 Å². The van der Waals surface area contributed by atoms with Crippen molar-refractivity contribution in [3.63, 3.8) is 0 Å². The van der Waals surface area contributed by atoms with Gasteiger partial charge in [-0.1, -0.05) is 43.5 Å². The molecule has 0 bridgehead atoms. The van der Waals surface area contributed by atoms with Crippen molar-refractivity contribution in [2.45, 2.75) is 57.4 Å². The molecule has 2 fully saturated rings. The predicted octanol–water partition coefficient (Wildman–Crippen LogP) is 1.86. The van der Waals surface area contributed by atoms with Gasteiger partial charge in [0.2, 0.25) is 11.8 Å². The van der Waals surface area contributed by atoms with Gasteiger partial charge in [0.15, 0.2) is 0 Å². The molecule has 0 radical (unpaired) electrons. The second kappa shape index (κ2) is 13.1. The fourth-order valence-electron chi connectivity index (χ4n) is 5.92. The molecule has 1 aromatic heterocycles. The molecule has 39 heavy (non-hydrogen) atoms. The quantitative estimate of drug-likeness (QED) is 0.323. The maximum absolute atomic E-state index is 13.9. The molecule has 1 atom stereocenters. The molecule has 2 heterocycles. The minimum atomic E-state index is -0.397. The van der Waals surface area contributed by atoms with E-state index in [9.17, 15) is 14.4 Å². The lowest BCUT2D eigenvalue weighted by molar-refractivity contribution is -0.127. The number of para-hydroxylation sites is 2. The number of nitrogens with one attached hydrogen (secondary N) is 1. The maximum atomic E-state index is 13.9. The normalized spacial score (nSPS) is 16.6. The van der Waals surface area contributed by atoms with E-state index < -0.39 is 6.04 Å². The number of benzene rings is 2. The summed E-state index contributed by atoms with van der Waals surface area (Å²) in [4.78, 5) is 44.7. The molecule has 2 aromatic carbocycles. The van der Waals surface area contributed by atoms with Crippen LogP contribution in [0.5, 0.6) is 0 Å². The molecule has 208 valence electrons. The van der Waals surface area contributed by atoms with E-state index in [0.717, 1.165) is 67.5 Å². The molecule has 1 saturated carbocycles. The monoisotopic (exact) mass is 552 g/mol. The van der Waals surface area contributed by atoms with Crippen molar-refractivity contribution in [3.8, 4) is 11.4 Å². The summed E-state index contributed by atoms with van der Waals surface area (Å²) in [5, 5.41) is 3.20. The van der Waals surface area contributed by atoms with Crippen molar-refractivity contribution in [1.82, 2.24) is 19.8 Å². The summed E-state index contributed by atoms with van der Waals surface area (Å²) < 4.78 is 6.96. The van der Waals surface area contributed by atoms with Crippen LogP contribution in [0.4, 0.5) is 0 Å². The molecule has 9 heteroatoms. The molecular weight excluding hydrogens is 516 g/mol. The lowest BCUT2D eigenvalue weighted by atomic mass is 9.83. The highest BCUT2D eigenvalue weighted by atomic mass is 35.5. The Labute approximate surface area is 237 Å². The summed E-state index contributed by atoms with van der Waals surface area (Å²) in [6, 6.07) is 14.7. The number of nitrogens with zero attached hydrogens (tertiary/aromatic N) is 3. The number of halogens is 1. The fraction of sp³-hybridized carbons (Fsp3) is 0.467. The summed E-state index contributed by atoms with van der Waals surface area (Å²) in [6.07, 6.45) is 7.70. The predicted molar refractivity (Wildman–Crippen MR) is 147 cm³/mol. The summed E-state index contributed by atoms with van der Waals surface area (Å²) in [5.41, 5.74) is 3.07. The number of hydrogen-bond donors (Lipinski definition) is 1. The van der Waals surface area contributed by atoms with Crippen molar-refractivity contribution >= 4 is 28.8 Å². The Bertz CT molecular complexity index is 1310. The number of likely N-dealkylation sites (tertiary alicyclic amines) is 1. The first-order chi connectivity index (χ1) is 18.6. The number of methoxy groups -OCH3 is 1. The molecule has 0 spiro atoms. The van der Waals surface area contributed by atoms with Crippen LogP contribution in [0, 0.1) is 5.92 Å². The first-order valence-electron chi connectivity index (χ1n) is 13.8. The number of amides is 2. The van der Waals surface area contributed by atoms with E-state index in [-0.39, 0.29) is 37.5 Å². The molecule has 1 saturated heterocycles. The molecule has 1 unspecified atom stereocenters. The number of aromatic nitrogens is 2. The average molecular weight is 553 g/mol. The lowest BCUT2D eigenvalue weighted by Gasteiger charge is -2.32. The van der Waals surface area contributed by atoms with Crippen LogP contribution < -0.4 is 17.7 Å². The SMILES string of the molecule is COC(=O)c1ccc(-c2nc3ccccc3n2C(C(=O)NCCCN2CCCC2=O)C2CCCCC2)cc1.[Cl-].[H+]. The molecule has 1 aliphatic carbocycles. The van der Waals surface area contributed by atoms with Crippen LogP contribution in [0.15, 0.2) is 48.5 Å². The second-order valence-corrected chi connectivity index (χ2v) is 10.3. The largest absolute Gasteiger partial charge is 1.00 e. The Kier molecular flexibility index (Phi) is 9.62. The topological polar surface area (TPSA) is 93.5 Å². The van der Waals surface area contributed by atoms with Gasteiger partial charge in [-0.25, -0.2) is 9.78 Å². The van der Waals surface area contributed by atoms with E-state index in [1.807, 2.05) is 41.3 Å². The number of ether oxygens (including phenoxy) is 1. The average Bonchev–Trinajstić information content (AvgIpc) is 3.55. The van der Waals surface area contributed by atoms with Gasteiger partial charge in [-0.15, -0.1) is 0 Å². The third kappa shape index (κ3) is 6.27. The molecule has 2 aliphatic rings. The van der Waals surface area contributed by atoms with Gasteiger partial charge in [-0.2, -0.15) is 0 Å². The van der Waals surface area contributed by atoms with E-state index in [4.69, 9.17) is 9.72 Å². The number of esters is 1. The van der Waals surface area contributed by atoms with Crippen molar-refractivity contribution in [1.29, 1.82) is 0 Å². The molecule has 5 rings (SSSR count). The molecule has 8 nitrogen and oxygen atoms in total. The number of hydrogen-bond acceptors (Lipinski definition) is 5. The zero-order valence-corrected chi connectivity index (χ0v) is 23.2. The Morgan fingerprint density at radius 1 is 1.08 bits per heavy atom. The number of rotatable bonds is 9. The zero-order chi connectivity index (χ0) is 26.5. The van der Waals surface area contributed by atoms with Crippen molar-refractivity contribution in [2.24, 2.45) is 5.92 Å². The smallest absolute Gasteiger partial charge is 1.00 e. The van der Waals surface area contributed by atoms with Gasteiger partial charge in [0.1, 0.15) is 11.9 Å². The van der Waals surface area contributed by atoms with Gasteiger partial charge in [-0.3, -0.25) is 9.59 Å². The summed E-state index contributed by atoms with van der Waals surface area (Å²) in [7, 11) is 1.37. The molecule has 1 N–H and O–H groups in total. The van der Waals surface area contributed by atoms with Gasteiger partial charge in [0, 0.05) is 31.6 Å². The highest BCUT2D eigenvalue weighted by Gasteiger charge is 2.34. The minimum absolute atomic E-state index is 0. The third-order valence-electron chi connectivity index (χ3n) is 7.88. The highest BCUT2D eigenvalue weighted by molar-refractivity contribution is 5.91. The van der Waals surface area contributed by atoms with Crippen molar-refractivity contribution in [2.75, 3.05) is 26.7 Å². The van der Waals surface area contributed by atoms with E-state index in [1.165, 1.54) is 13.5 Å². The standard InChI is InChI=1S/C30H36N4O4.ClH/c1-38-30(37)23-16-14-22(15-17-23)28-32-24-11-5-6-12-25(24)34(28)27(21-9-3-2-4-10-21)29(36)31-18-8-20-33-19-7-13-26(33)35;/h5-6,11-12,14-17,21,27H,2-4,7-10,13,18-20H2,1H3,(H,31,36);1H. The van der Waals surface area contributed by atoms with Gasteiger partial charge in [0.05, 0.1) is 23.7 Å². The zero-order valence-electron chi connectivity index (χ0n) is 23.4. The van der Waals surface area contributed by atoms with E-state index in [0.29, 0.717) is 25.1 Å². The van der Waals surface area contributed by atoms with Crippen molar-refractivity contribution < 1.29 is 33.0 Å². The second-order valence-electron chi connectivity index (χ2n) is 10.3. The Hall–Kier alpha value is -3.39. The van der Waals surface area contributed by atoms with E-state index >= 15 is 0 Å². The Balaban J connectivity index is 0.00000220. The minimum Gasteiger partial charge on any atom is -1.00 e. The van der Waals surface area contributed by atoms with Crippen LogP contribution >= 0.6 is 0 Å². The first-order valence-corrected chi connectivity index (χ1v) is 13.8. The van der Waals surface area contributed by atoms with E-state index in [2.05, 4.69) is 9.88 Å². The maximum Gasteiger partial charge on any atom is 1.00 e. The third-order valence-corrected chi connectivity index (χ3v) is 7.88. The first kappa shape index (κ1) is 28.6. The number of carbonyl (C=O) groups is 3. The molecular formula is C30H37ClN4O4. The highest BCUT2D eigenvalue weighted by Crippen LogP contribution is 2.38. The van der Waals surface area contributed by atoms with Gasteiger partial charge >= 0.3 is 7.40 Å². The van der Waals surface area contributed by atoms with Crippen molar-refractivity contribution in [3.05, 3.63) is 54.1 Å².